The molecule has 100 valence electrons. The first-order chi connectivity index (χ1) is 8.83. The molecule has 4 nitrogen and oxygen atoms in total. The molecule has 0 bridgehead atoms. The van der Waals surface area contributed by atoms with Gasteiger partial charge in [0.25, 0.3) is 0 Å². The minimum Gasteiger partial charge on any atom is -0.314 e. The average molecular weight is 248 g/mol. The van der Waals surface area contributed by atoms with Crippen LogP contribution in [0.2, 0.25) is 0 Å². The van der Waals surface area contributed by atoms with Crippen molar-refractivity contribution < 1.29 is 0 Å². The van der Waals surface area contributed by atoms with E-state index in [1.165, 1.54) is 56.5 Å². The van der Waals surface area contributed by atoms with E-state index in [9.17, 15) is 0 Å². The molecule has 1 fully saturated rings. The van der Waals surface area contributed by atoms with Gasteiger partial charge in [0, 0.05) is 12.6 Å². The average Bonchev–Trinajstić information content (AvgIpc) is 2.80. The van der Waals surface area contributed by atoms with Gasteiger partial charge in [-0.05, 0) is 51.0 Å². The largest absolute Gasteiger partial charge is 0.314 e. The van der Waals surface area contributed by atoms with E-state index in [4.69, 9.17) is 0 Å². The van der Waals surface area contributed by atoms with Crippen molar-refractivity contribution in [1.29, 1.82) is 0 Å². The summed E-state index contributed by atoms with van der Waals surface area (Å²) in [6, 6.07) is 0.695. The molecule has 0 saturated carbocycles. The monoisotopic (exact) mass is 248 g/mol. The highest BCUT2D eigenvalue weighted by Gasteiger charge is 2.21. The number of aryl methyl sites for hydroxylation is 1. The van der Waals surface area contributed by atoms with E-state index >= 15 is 0 Å². The van der Waals surface area contributed by atoms with Crippen LogP contribution in [0.3, 0.4) is 0 Å². The van der Waals surface area contributed by atoms with Gasteiger partial charge < -0.3 is 5.32 Å². The minimum absolute atomic E-state index is 0.695. The van der Waals surface area contributed by atoms with Crippen molar-refractivity contribution in [3.8, 4) is 0 Å². The first kappa shape index (κ1) is 12.2. The predicted molar refractivity (Wildman–Crippen MR) is 71.5 cm³/mol. The molecule has 1 saturated heterocycles. The van der Waals surface area contributed by atoms with Gasteiger partial charge in [-0.2, -0.15) is 0 Å². The third-order valence-electron chi connectivity index (χ3n) is 4.44. The van der Waals surface area contributed by atoms with Crippen LogP contribution >= 0.6 is 0 Å². The highest BCUT2D eigenvalue weighted by Crippen LogP contribution is 2.23. The van der Waals surface area contributed by atoms with Crippen LogP contribution in [0.4, 0.5) is 0 Å². The standard InChI is InChI=1S/C14H24N4/c1-11-5-6-14-13(10-11)16-17-18(14)9-7-12-4-2-3-8-15-12/h11-12,15H,2-10H2,1H3. The van der Waals surface area contributed by atoms with Crippen LogP contribution < -0.4 is 5.32 Å². The fourth-order valence-electron chi connectivity index (χ4n) is 3.24. The zero-order valence-corrected chi connectivity index (χ0v) is 11.4. The maximum absolute atomic E-state index is 4.36. The molecule has 1 aliphatic carbocycles. The molecule has 3 rings (SSSR count). The van der Waals surface area contributed by atoms with Gasteiger partial charge >= 0.3 is 0 Å². The number of fused-ring (bicyclic) bond motifs is 1. The van der Waals surface area contributed by atoms with E-state index in [0.717, 1.165) is 18.9 Å². The third-order valence-corrected chi connectivity index (χ3v) is 4.44. The number of rotatable bonds is 3. The summed E-state index contributed by atoms with van der Waals surface area (Å²) in [4.78, 5) is 0. The van der Waals surface area contributed by atoms with Gasteiger partial charge in [0.2, 0.25) is 0 Å². The number of nitrogens with one attached hydrogen (secondary N) is 1. The van der Waals surface area contributed by atoms with Crippen LogP contribution in [-0.2, 0) is 19.4 Å². The molecule has 1 aromatic rings. The first-order valence-electron chi connectivity index (χ1n) is 7.47. The van der Waals surface area contributed by atoms with Gasteiger partial charge in [-0.25, -0.2) is 4.68 Å². The lowest BCUT2D eigenvalue weighted by Gasteiger charge is -2.24. The van der Waals surface area contributed by atoms with Gasteiger partial charge in [-0.1, -0.05) is 18.6 Å². The summed E-state index contributed by atoms with van der Waals surface area (Å²) in [7, 11) is 0. The van der Waals surface area contributed by atoms with E-state index in [-0.39, 0.29) is 0 Å². The molecule has 4 heteroatoms. The Labute approximate surface area is 109 Å². The summed E-state index contributed by atoms with van der Waals surface area (Å²) < 4.78 is 2.16. The highest BCUT2D eigenvalue weighted by molar-refractivity contribution is 5.14. The summed E-state index contributed by atoms with van der Waals surface area (Å²) in [5.74, 6) is 0.780. The molecule has 2 atom stereocenters. The van der Waals surface area contributed by atoms with Gasteiger partial charge in [0.05, 0.1) is 11.4 Å². The molecular weight excluding hydrogens is 224 g/mol. The molecule has 0 aromatic carbocycles. The molecule has 0 radical (unpaired) electrons. The van der Waals surface area contributed by atoms with Crippen molar-refractivity contribution in [2.75, 3.05) is 6.54 Å². The van der Waals surface area contributed by atoms with Gasteiger partial charge in [-0.15, -0.1) is 5.10 Å². The normalized spacial score (nSPS) is 28.1. The number of hydrogen-bond acceptors (Lipinski definition) is 3. The smallest absolute Gasteiger partial charge is 0.0861 e. The van der Waals surface area contributed by atoms with E-state index in [1.54, 1.807) is 0 Å². The SMILES string of the molecule is CC1CCc2c(nnn2CCC2CCCCN2)C1. The highest BCUT2D eigenvalue weighted by atomic mass is 15.4. The molecule has 1 aromatic heterocycles. The number of nitrogens with zero attached hydrogens (tertiary/aromatic N) is 3. The summed E-state index contributed by atoms with van der Waals surface area (Å²) >= 11 is 0. The minimum atomic E-state index is 0.695. The summed E-state index contributed by atoms with van der Waals surface area (Å²) in [5.41, 5.74) is 2.66. The Kier molecular flexibility index (Phi) is 3.64. The molecule has 1 N–H and O–H groups in total. The molecule has 0 amide bonds. The second kappa shape index (κ2) is 5.39. The second-order valence-electron chi connectivity index (χ2n) is 5.99. The fraction of sp³-hybridized carbons (Fsp3) is 0.857. The van der Waals surface area contributed by atoms with Crippen molar-refractivity contribution in [3.05, 3.63) is 11.4 Å². The Bertz CT molecular complexity index is 392. The lowest BCUT2D eigenvalue weighted by molar-refractivity contribution is 0.355. The summed E-state index contributed by atoms with van der Waals surface area (Å²) in [6.45, 7) is 4.54. The Morgan fingerprint density at radius 2 is 2.28 bits per heavy atom. The van der Waals surface area contributed by atoms with Crippen molar-refractivity contribution in [1.82, 2.24) is 20.3 Å². The van der Waals surface area contributed by atoms with Crippen LogP contribution in [0.1, 0.15) is 50.4 Å². The zero-order valence-electron chi connectivity index (χ0n) is 11.4. The van der Waals surface area contributed by atoms with Gasteiger partial charge in [0.1, 0.15) is 0 Å². The van der Waals surface area contributed by atoms with Gasteiger partial charge in [-0.3, -0.25) is 0 Å². The van der Waals surface area contributed by atoms with E-state index in [0.29, 0.717) is 6.04 Å². The van der Waals surface area contributed by atoms with Crippen LogP contribution in [0.25, 0.3) is 0 Å². The predicted octanol–water partition coefficient (Wildman–Crippen LogP) is 1.94. The Hall–Kier alpha value is -0.900. The molecule has 18 heavy (non-hydrogen) atoms. The third kappa shape index (κ3) is 2.58. The quantitative estimate of drug-likeness (QED) is 0.889. The zero-order chi connectivity index (χ0) is 12.4. The molecule has 2 aliphatic rings. The molecule has 1 aliphatic heterocycles. The van der Waals surface area contributed by atoms with Crippen molar-refractivity contribution >= 4 is 0 Å². The van der Waals surface area contributed by atoms with E-state index < -0.39 is 0 Å². The molecule has 2 unspecified atom stereocenters. The van der Waals surface area contributed by atoms with Crippen molar-refractivity contribution in [2.24, 2.45) is 5.92 Å². The molecule has 2 heterocycles. The first-order valence-corrected chi connectivity index (χ1v) is 7.47. The summed E-state index contributed by atoms with van der Waals surface area (Å²) in [6.07, 6.45) is 8.83. The number of hydrogen-bond donors (Lipinski definition) is 1. The Balaban J connectivity index is 1.59. The maximum Gasteiger partial charge on any atom is 0.0861 e. The maximum atomic E-state index is 4.36. The van der Waals surface area contributed by atoms with Crippen LogP contribution in [-0.4, -0.2) is 27.6 Å². The molecular formula is C14H24N4. The van der Waals surface area contributed by atoms with Crippen molar-refractivity contribution in [2.45, 2.75) is 64.5 Å². The van der Waals surface area contributed by atoms with E-state index in [1.807, 2.05) is 0 Å². The number of piperidine rings is 1. The topological polar surface area (TPSA) is 42.7 Å². The van der Waals surface area contributed by atoms with Crippen LogP contribution in [0.5, 0.6) is 0 Å². The van der Waals surface area contributed by atoms with Crippen LogP contribution in [0.15, 0.2) is 0 Å². The van der Waals surface area contributed by atoms with E-state index in [2.05, 4.69) is 27.2 Å². The second-order valence-corrected chi connectivity index (χ2v) is 5.99. The molecule has 0 spiro atoms. The lowest BCUT2D eigenvalue weighted by atomic mass is 9.91. The fourth-order valence-corrected chi connectivity index (χ4v) is 3.24. The number of aromatic nitrogens is 3. The van der Waals surface area contributed by atoms with Crippen molar-refractivity contribution in [3.63, 3.8) is 0 Å². The van der Waals surface area contributed by atoms with Gasteiger partial charge in [0.15, 0.2) is 0 Å². The van der Waals surface area contributed by atoms with Crippen LogP contribution in [0, 0.1) is 5.92 Å². The summed E-state index contributed by atoms with van der Waals surface area (Å²) in [5, 5.41) is 12.3. The Morgan fingerprint density at radius 1 is 1.33 bits per heavy atom. The lowest BCUT2D eigenvalue weighted by Crippen LogP contribution is -2.35. The Morgan fingerprint density at radius 3 is 3.11 bits per heavy atom.